The molecule has 0 aromatic heterocycles. The van der Waals surface area contributed by atoms with Gasteiger partial charge in [0.2, 0.25) is 0 Å². The second kappa shape index (κ2) is 9.18. The van der Waals surface area contributed by atoms with E-state index >= 15 is 0 Å². The van der Waals surface area contributed by atoms with Crippen LogP contribution in [0.4, 0.5) is 0 Å². The third kappa shape index (κ3) is 5.19. The van der Waals surface area contributed by atoms with Gasteiger partial charge in [-0.05, 0) is 42.0 Å². The predicted molar refractivity (Wildman–Crippen MR) is 102 cm³/mol. The summed E-state index contributed by atoms with van der Waals surface area (Å²) in [6, 6.07) is 17.2. The summed E-state index contributed by atoms with van der Waals surface area (Å²) in [6.07, 6.45) is 6.13. The van der Waals surface area contributed by atoms with Gasteiger partial charge in [-0.3, -0.25) is 4.79 Å². The first-order chi connectivity index (χ1) is 12.7. The monoisotopic (exact) mass is 351 g/mol. The zero-order valence-electron chi connectivity index (χ0n) is 14.9. The lowest BCUT2D eigenvalue weighted by atomic mass is 9.89. The molecule has 0 unspecified atom stereocenters. The highest BCUT2D eigenvalue weighted by Gasteiger charge is 2.15. The summed E-state index contributed by atoms with van der Waals surface area (Å²) in [5.74, 6) is -0.142. The van der Waals surface area contributed by atoms with E-state index in [1.165, 1.54) is 32.1 Å². The Hall–Kier alpha value is -2.62. The van der Waals surface area contributed by atoms with Crippen molar-refractivity contribution in [2.24, 2.45) is 5.92 Å². The van der Waals surface area contributed by atoms with Crippen LogP contribution in [-0.2, 0) is 9.53 Å². The Bertz CT molecular complexity index is 719. The average molecular weight is 351 g/mol. The molecule has 26 heavy (non-hydrogen) atoms. The number of rotatable bonds is 6. The highest BCUT2D eigenvalue weighted by atomic mass is 16.5. The minimum absolute atomic E-state index is 0.230. The van der Waals surface area contributed by atoms with Crippen LogP contribution in [0, 0.1) is 5.92 Å². The Balaban J connectivity index is 1.45. The third-order valence-electron chi connectivity index (χ3n) is 4.87. The van der Waals surface area contributed by atoms with Gasteiger partial charge in [-0.15, -0.1) is 0 Å². The van der Waals surface area contributed by atoms with Crippen molar-refractivity contribution >= 4 is 11.9 Å². The van der Waals surface area contributed by atoms with Crippen LogP contribution in [0.1, 0.15) is 42.5 Å². The summed E-state index contributed by atoms with van der Waals surface area (Å²) in [4.78, 5) is 24.0. The van der Waals surface area contributed by atoms with Crippen molar-refractivity contribution < 1.29 is 14.3 Å². The number of carbonyl (C=O) groups is 2. The summed E-state index contributed by atoms with van der Waals surface area (Å²) in [7, 11) is 0. The van der Waals surface area contributed by atoms with Gasteiger partial charge in [0.15, 0.2) is 6.61 Å². The molecule has 0 bridgehead atoms. The number of ether oxygens (including phenoxy) is 1. The summed E-state index contributed by atoms with van der Waals surface area (Å²) < 4.78 is 5.12. The Morgan fingerprint density at radius 1 is 0.885 bits per heavy atom. The Kier molecular flexibility index (Phi) is 6.42. The quantitative estimate of drug-likeness (QED) is 0.793. The molecule has 1 saturated carbocycles. The van der Waals surface area contributed by atoms with Crippen molar-refractivity contribution in [3.8, 4) is 11.1 Å². The smallest absolute Gasteiger partial charge is 0.338 e. The fourth-order valence-electron chi connectivity index (χ4n) is 3.34. The van der Waals surface area contributed by atoms with Crippen LogP contribution < -0.4 is 5.32 Å². The number of benzene rings is 2. The van der Waals surface area contributed by atoms with Crippen molar-refractivity contribution in [3.63, 3.8) is 0 Å². The van der Waals surface area contributed by atoms with Crippen LogP contribution in [0.25, 0.3) is 11.1 Å². The molecule has 1 fully saturated rings. The molecule has 0 radical (unpaired) electrons. The fraction of sp³-hybridized carbons (Fsp3) is 0.364. The number of esters is 1. The van der Waals surface area contributed by atoms with E-state index in [0.29, 0.717) is 18.0 Å². The molecule has 4 nitrogen and oxygen atoms in total. The molecule has 4 heteroatoms. The normalized spacial score (nSPS) is 14.6. The van der Waals surface area contributed by atoms with Gasteiger partial charge in [0.05, 0.1) is 5.56 Å². The first kappa shape index (κ1) is 18.2. The van der Waals surface area contributed by atoms with Crippen LogP contribution in [0.3, 0.4) is 0 Å². The number of hydrogen-bond acceptors (Lipinski definition) is 3. The van der Waals surface area contributed by atoms with Gasteiger partial charge in [0, 0.05) is 6.54 Å². The van der Waals surface area contributed by atoms with E-state index in [4.69, 9.17) is 4.74 Å². The Labute approximate surface area is 154 Å². The van der Waals surface area contributed by atoms with E-state index in [1.54, 1.807) is 12.1 Å². The van der Waals surface area contributed by atoms with Gasteiger partial charge in [0.25, 0.3) is 5.91 Å². The number of hydrogen-bond donors (Lipinski definition) is 1. The summed E-state index contributed by atoms with van der Waals surface area (Å²) in [6.45, 7) is 0.453. The molecule has 1 amide bonds. The summed E-state index contributed by atoms with van der Waals surface area (Å²) >= 11 is 0. The van der Waals surface area contributed by atoms with Crippen molar-refractivity contribution in [2.45, 2.75) is 32.1 Å². The lowest BCUT2D eigenvalue weighted by Crippen LogP contribution is -2.33. The van der Waals surface area contributed by atoms with Gasteiger partial charge in [-0.1, -0.05) is 61.7 Å². The summed E-state index contributed by atoms with van der Waals surface area (Å²) in [5, 5.41) is 2.87. The van der Waals surface area contributed by atoms with E-state index in [2.05, 4.69) is 5.32 Å². The largest absolute Gasteiger partial charge is 0.452 e. The van der Waals surface area contributed by atoms with Crippen molar-refractivity contribution in [1.82, 2.24) is 5.32 Å². The Morgan fingerprint density at radius 3 is 2.23 bits per heavy atom. The topological polar surface area (TPSA) is 55.4 Å². The molecule has 0 atom stereocenters. The van der Waals surface area contributed by atoms with Gasteiger partial charge in [-0.2, -0.15) is 0 Å². The minimum Gasteiger partial charge on any atom is -0.452 e. The highest BCUT2D eigenvalue weighted by molar-refractivity contribution is 5.91. The zero-order valence-corrected chi connectivity index (χ0v) is 14.9. The van der Waals surface area contributed by atoms with E-state index < -0.39 is 5.97 Å². The average Bonchev–Trinajstić information content (AvgIpc) is 2.72. The maximum absolute atomic E-state index is 12.1. The second-order valence-electron chi connectivity index (χ2n) is 6.83. The zero-order chi connectivity index (χ0) is 18.2. The van der Waals surface area contributed by atoms with Crippen molar-refractivity contribution in [2.75, 3.05) is 13.2 Å². The maximum atomic E-state index is 12.1. The third-order valence-corrected chi connectivity index (χ3v) is 4.87. The number of nitrogens with one attached hydrogen (secondary N) is 1. The van der Waals surface area contributed by atoms with Crippen LogP contribution >= 0.6 is 0 Å². The van der Waals surface area contributed by atoms with E-state index in [-0.39, 0.29) is 12.5 Å². The van der Waals surface area contributed by atoms with Crippen molar-refractivity contribution in [3.05, 3.63) is 60.2 Å². The SMILES string of the molecule is O=C(COC(=O)c1ccc(-c2ccccc2)cc1)NCC1CCCCC1. The van der Waals surface area contributed by atoms with E-state index in [9.17, 15) is 9.59 Å². The van der Waals surface area contributed by atoms with Crippen molar-refractivity contribution in [1.29, 1.82) is 0 Å². The molecule has 2 aromatic rings. The molecular formula is C22H25NO3. The lowest BCUT2D eigenvalue weighted by molar-refractivity contribution is -0.124. The van der Waals surface area contributed by atoms with Crippen LogP contribution in [0.2, 0.25) is 0 Å². The maximum Gasteiger partial charge on any atom is 0.338 e. The first-order valence-electron chi connectivity index (χ1n) is 9.31. The van der Waals surface area contributed by atoms with Gasteiger partial charge >= 0.3 is 5.97 Å². The molecule has 1 aliphatic rings. The first-order valence-corrected chi connectivity index (χ1v) is 9.31. The molecule has 136 valence electrons. The molecule has 0 spiro atoms. The van der Waals surface area contributed by atoms with Crippen LogP contribution in [0.15, 0.2) is 54.6 Å². The molecule has 3 rings (SSSR count). The van der Waals surface area contributed by atoms with Gasteiger partial charge < -0.3 is 10.1 Å². The highest BCUT2D eigenvalue weighted by Crippen LogP contribution is 2.22. The minimum atomic E-state index is -0.475. The lowest BCUT2D eigenvalue weighted by Gasteiger charge is -2.21. The Morgan fingerprint density at radius 2 is 1.54 bits per heavy atom. The summed E-state index contributed by atoms with van der Waals surface area (Å²) in [5.41, 5.74) is 2.58. The molecule has 2 aromatic carbocycles. The van der Waals surface area contributed by atoms with Crippen LogP contribution in [0.5, 0.6) is 0 Å². The fourth-order valence-corrected chi connectivity index (χ4v) is 3.34. The molecule has 0 saturated heterocycles. The molecular weight excluding hydrogens is 326 g/mol. The number of amides is 1. The van der Waals surface area contributed by atoms with E-state index in [0.717, 1.165) is 11.1 Å². The second-order valence-corrected chi connectivity index (χ2v) is 6.83. The predicted octanol–water partition coefficient (Wildman–Crippen LogP) is 4.21. The molecule has 0 heterocycles. The standard InChI is InChI=1S/C22H25NO3/c24-21(23-15-17-7-3-1-4-8-17)16-26-22(25)20-13-11-19(12-14-20)18-9-5-2-6-10-18/h2,5-6,9-14,17H,1,3-4,7-8,15-16H2,(H,23,24). The molecule has 1 aliphatic carbocycles. The molecule has 1 N–H and O–H groups in total. The van der Waals surface area contributed by atoms with Crippen LogP contribution in [-0.4, -0.2) is 25.0 Å². The van der Waals surface area contributed by atoms with Gasteiger partial charge in [-0.25, -0.2) is 4.79 Å². The molecule has 0 aliphatic heterocycles. The number of carbonyl (C=O) groups excluding carboxylic acids is 2. The van der Waals surface area contributed by atoms with E-state index in [1.807, 2.05) is 42.5 Å². The van der Waals surface area contributed by atoms with Gasteiger partial charge in [0.1, 0.15) is 0 Å².